The maximum Gasteiger partial charge on any atom is 0.236 e. The Labute approximate surface area is 120 Å². The molecule has 5 N–H and O–H groups in total. The van der Waals surface area contributed by atoms with Crippen molar-refractivity contribution in [2.24, 2.45) is 11.7 Å². The average Bonchev–Trinajstić information content (AvgIpc) is 2.35. The molecule has 1 amide bonds. The maximum atomic E-state index is 12.1. The summed E-state index contributed by atoms with van der Waals surface area (Å²) >= 11 is 0. The molecule has 1 aliphatic carbocycles. The minimum absolute atomic E-state index is 0.0322. The van der Waals surface area contributed by atoms with Gasteiger partial charge in [0, 0.05) is 12.7 Å². The molecule has 1 unspecified atom stereocenters. The molecule has 1 fully saturated rings. The second-order valence-corrected chi connectivity index (χ2v) is 8.33. The van der Waals surface area contributed by atoms with E-state index in [1.807, 2.05) is 0 Å². The number of hydrogen-bond donors (Lipinski definition) is 4. The summed E-state index contributed by atoms with van der Waals surface area (Å²) in [7, 11) is -3.33. The number of aliphatic hydroxyl groups is 1. The van der Waals surface area contributed by atoms with Crippen LogP contribution in [0.5, 0.6) is 0 Å². The van der Waals surface area contributed by atoms with Gasteiger partial charge in [0.2, 0.25) is 13.3 Å². The molecule has 118 valence electrons. The number of rotatable bonds is 7. The summed E-state index contributed by atoms with van der Waals surface area (Å²) in [6.45, 7) is 1.51. The van der Waals surface area contributed by atoms with Gasteiger partial charge in [-0.05, 0) is 25.7 Å². The molecule has 0 aromatic rings. The van der Waals surface area contributed by atoms with Crippen molar-refractivity contribution in [2.45, 2.75) is 51.2 Å². The Balaban J connectivity index is 2.32. The molecule has 0 heterocycles. The zero-order chi connectivity index (χ0) is 15.2. The minimum atomic E-state index is -3.33. The first-order valence-corrected chi connectivity index (χ1v) is 9.35. The summed E-state index contributed by atoms with van der Waals surface area (Å²) in [5.41, 5.74) is 5.38. The van der Waals surface area contributed by atoms with Crippen LogP contribution in [-0.2, 0) is 9.36 Å². The van der Waals surface area contributed by atoms with E-state index < -0.39 is 19.5 Å². The highest BCUT2D eigenvalue weighted by Gasteiger charge is 2.28. The number of nitrogens with one attached hydrogen (secondary N) is 1. The van der Waals surface area contributed by atoms with Crippen molar-refractivity contribution in [2.75, 3.05) is 18.9 Å². The largest absolute Gasteiger partial charge is 0.391 e. The highest BCUT2D eigenvalue weighted by Crippen LogP contribution is 2.45. The number of carbonyl (C=O) groups excluding carboxylic acids is 1. The fourth-order valence-corrected chi connectivity index (χ4v) is 4.73. The molecule has 0 saturated heterocycles. The summed E-state index contributed by atoms with van der Waals surface area (Å²) in [6.07, 6.45) is 4.57. The van der Waals surface area contributed by atoms with Crippen LogP contribution in [0.4, 0.5) is 0 Å². The fourth-order valence-electron chi connectivity index (χ4n) is 2.62. The molecule has 0 aromatic heterocycles. The van der Waals surface area contributed by atoms with Gasteiger partial charge in [-0.25, -0.2) is 0 Å². The van der Waals surface area contributed by atoms with Crippen molar-refractivity contribution < 1.29 is 19.4 Å². The number of carbonyl (C=O) groups is 1. The Morgan fingerprint density at radius 1 is 1.40 bits per heavy atom. The molecule has 0 bridgehead atoms. The predicted molar refractivity (Wildman–Crippen MR) is 78.8 cm³/mol. The molecule has 0 aromatic carbocycles. The van der Waals surface area contributed by atoms with E-state index in [0.29, 0.717) is 5.92 Å². The average molecular weight is 306 g/mol. The number of nitrogens with two attached hydrogens (primary N) is 1. The fraction of sp³-hybridized carbons (Fsp3) is 0.923. The van der Waals surface area contributed by atoms with Crippen LogP contribution >= 0.6 is 7.37 Å². The lowest BCUT2D eigenvalue weighted by atomic mass is 9.91. The van der Waals surface area contributed by atoms with E-state index in [0.717, 1.165) is 25.7 Å². The summed E-state index contributed by atoms with van der Waals surface area (Å²) in [4.78, 5) is 21.2. The third-order valence-corrected chi connectivity index (χ3v) is 5.77. The lowest BCUT2D eigenvalue weighted by molar-refractivity contribution is -0.122. The van der Waals surface area contributed by atoms with Crippen LogP contribution < -0.4 is 11.1 Å². The second kappa shape index (κ2) is 8.13. The van der Waals surface area contributed by atoms with Gasteiger partial charge in [-0.2, -0.15) is 0 Å². The van der Waals surface area contributed by atoms with Crippen molar-refractivity contribution >= 4 is 13.3 Å². The molecule has 1 rings (SSSR count). The smallest absolute Gasteiger partial charge is 0.236 e. The Kier molecular flexibility index (Phi) is 7.17. The zero-order valence-electron chi connectivity index (χ0n) is 12.1. The van der Waals surface area contributed by atoms with Crippen LogP contribution in [0, 0.1) is 5.92 Å². The maximum absolute atomic E-state index is 12.1. The molecule has 0 radical (unpaired) electrons. The van der Waals surface area contributed by atoms with E-state index in [1.165, 1.54) is 6.42 Å². The first kappa shape index (κ1) is 17.6. The molecular weight excluding hydrogens is 279 g/mol. The van der Waals surface area contributed by atoms with Crippen LogP contribution in [0.15, 0.2) is 0 Å². The molecule has 0 aliphatic heterocycles. The molecule has 20 heavy (non-hydrogen) atoms. The Morgan fingerprint density at radius 3 is 2.55 bits per heavy atom. The molecule has 0 spiro atoms. The predicted octanol–water partition coefficient (Wildman–Crippen LogP) is 0.661. The SMILES string of the molecule is C[C@@H](N)C(=O)NC[C@@H](O)CP(=O)(O)CC1CCCCC1. The Bertz CT molecular complexity index is 356. The van der Waals surface area contributed by atoms with Crippen molar-refractivity contribution in [3.8, 4) is 0 Å². The third kappa shape index (κ3) is 6.84. The molecule has 1 saturated carbocycles. The molecule has 7 heteroatoms. The van der Waals surface area contributed by atoms with E-state index in [1.54, 1.807) is 6.92 Å². The van der Waals surface area contributed by atoms with Crippen LogP contribution in [0.2, 0.25) is 0 Å². The number of hydrogen-bond acceptors (Lipinski definition) is 4. The molecule has 6 nitrogen and oxygen atoms in total. The van der Waals surface area contributed by atoms with Gasteiger partial charge in [0.15, 0.2) is 0 Å². The van der Waals surface area contributed by atoms with Gasteiger partial charge in [0.05, 0.1) is 18.3 Å². The standard InChI is InChI=1S/C13H27N2O4P/c1-10(14)13(17)15-7-12(16)9-20(18,19)8-11-5-3-2-4-6-11/h10-12,16H,2-9,14H2,1H3,(H,15,17)(H,18,19)/t10-,12-/m1/s1. The van der Waals surface area contributed by atoms with Gasteiger partial charge in [-0.15, -0.1) is 0 Å². The monoisotopic (exact) mass is 306 g/mol. The quantitative estimate of drug-likeness (QED) is 0.516. The van der Waals surface area contributed by atoms with E-state index >= 15 is 0 Å². The molecule has 1 aliphatic rings. The summed E-state index contributed by atoms with van der Waals surface area (Å²) in [6, 6.07) is -0.648. The highest BCUT2D eigenvalue weighted by molar-refractivity contribution is 7.58. The molecule has 3 atom stereocenters. The van der Waals surface area contributed by atoms with Crippen LogP contribution in [0.3, 0.4) is 0 Å². The van der Waals surface area contributed by atoms with Crippen molar-refractivity contribution in [1.82, 2.24) is 5.32 Å². The summed E-state index contributed by atoms with van der Waals surface area (Å²) in [5.74, 6) is -0.0745. The normalized spacial score (nSPS) is 22.8. The van der Waals surface area contributed by atoms with Gasteiger partial charge >= 0.3 is 0 Å². The lowest BCUT2D eigenvalue weighted by Gasteiger charge is -2.25. The van der Waals surface area contributed by atoms with Gasteiger partial charge in [0.1, 0.15) is 0 Å². The van der Waals surface area contributed by atoms with Gasteiger partial charge < -0.3 is 21.1 Å². The Hall–Kier alpha value is -0.420. The minimum Gasteiger partial charge on any atom is -0.391 e. The topological polar surface area (TPSA) is 113 Å². The Morgan fingerprint density at radius 2 is 2.00 bits per heavy atom. The zero-order valence-corrected chi connectivity index (χ0v) is 13.0. The van der Waals surface area contributed by atoms with E-state index in [4.69, 9.17) is 5.73 Å². The first-order valence-electron chi connectivity index (χ1n) is 7.32. The first-order chi connectivity index (χ1) is 9.30. The van der Waals surface area contributed by atoms with Crippen molar-refractivity contribution in [3.63, 3.8) is 0 Å². The number of aliphatic hydroxyl groups excluding tert-OH is 1. The lowest BCUT2D eigenvalue weighted by Crippen LogP contribution is -2.42. The van der Waals surface area contributed by atoms with Gasteiger partial charge in [0.25, 0.3) is 0 Å². The van der Waals surface area contributed by atoms with E-state index in [-0.39, 0.29) is 24.8 Å². The van der Waals surface area contributed by atoms with Crippen LogP contribution in [0.25, 0.3) is 0 Å². The van der Waals surface area contributed by atoms with E-state index in [9.17, 15) is 19.4 Å². The molecular formula is C13H27N2O4P. The number of amides is 1. The van der Waals surface area contributed by atoms with Gasteiger partial charge in [-0.1, -0.05) is 19.3 Å². The highest BCUT2D eigenvalue weighted by atomic mass is 31.2. The summed E-state index contributed by atoms with van der Waals surface area (Å²) in [5, 5.41) is 12.2. The summed E-state index contributed by atoms with van der Waals surface area (Å²) < 4.78 is 12.1. The van der Waals surface area contributed by atoms with Crippen LogP contribution in [-0.4, -0.2) is 46.9 Å². The van der Waals surface area contributed by atoms with Gasteiger partial charge in [-0.3, -0.25) is 9.36 Å². The van der Waals surface area contributed by atoms with Crippen molar-refractivity contribution in [1.29, 1.82) is 0 Å². The van der Waals surface area contributed by atoms with Crippen molar-refractivity contribution in [3.05, 3.63) is 0 Å². The third-order valence-electron chi connectivity index (χ3n) is 3.69. The van der Waals surface area contributed by atoms with E-state index in [2.05, 4.69) is 5.32 Å². The second-order valence-electron chi connectivity index (χ2n) is 5.90. The van der Waals surface area contributed by atoms with Crippen LogP contribution in [0.1, 0.15) is 39.0 Å².